The van der Waals surface area contributed by atoms with E-state index in [9.17, 15) is 13.2 Å². The molecule has 0 aromatic heterocycles. The highest BCUT2D eigenvalue weighted by atomic mass is 32.2. The van der Waals surface area contributed by atoms with E-state index < -0.39 is 10.0 Å². The van der Waals surface area contributed by atoms with Crippen molar-refractivity contribution < 1.29 is 13.2 Å². The first-order valence-electron chi connectivity index (χ1n) is 5.74. The van der Waals surface area contributed by atoms with E-state index in [4.69, 9.17) is 0 Å². The number of hydrogen-bond donors (Lipinski definition) is 2. The third-order valence-corrected chi connectivity index (χ3v) is 3.98. The van der Waals surface area contributed by atoms with Crippen LogP contribution in [0.2, 0.25) is 0 Å². The summed E-state index contributed by atoms with van der Waals surface area (Å²) in [5.41, 5.74) is 1.14. The fourth-order valence-corrected chi connectivity index (χ4v) is 2.22. The number of rotatable bonds is 5. The Hall–Kier alpha value is -1.40. The van der Waals surface area contributed by atoms with Crippen molar-refractivity contribution in [3.8, 4) is 0 Å². The van der Waals surface area contributed by atoms with Crippen LogP contribution in [0.5, 0.6) is 0 Å². The molecular weight excluding hydrogens is 252 g/mol. The third kappa shape index (κ3) is 3.30. The number of carbonyl (C=O) groups excluding carboxylic acids is 1. The minimum absolute atomic E-state index is 0.0947. The maximum absolute atomic E-state index is 11.9. The van der Waals surface area contributed by atoms with Crippen molar-refractivity contribution in [2.75, 3.05) is 13.6 Å². The number of hydrogen-bond acceptors (Lipinski definition) is 3. The number of benzene rings is 1. The quantitative estimate of drug-likeness (QED) is 0.839. The number of aryl methyl sites for hydroxylation is 1. The van der Waals surface area contributed by atoms with Gasteiger partial charge in [0.15, 0.2) is 0 Å². The van der Waals surface area contributed by atoms with Crippen molar-refractivity contribution in [1.29, 1.82) is 0 Å². The van der Waals surface area contributed by atoms with Gasteiger partial charge in [-0.3, -0.25) is 4.79 Å². The highest BCUT2D eigenvalue weighted by Crippen LogP contribution is 2.15. The average Bonchev–Trinajstić information content (AvgIpc) is 2.36. The third-order valence-electron chi connectivity index (χ3n) is 2.57. The van der Waals surface area contributed by atoms with Gasteiger partial charge in [0.25, 0.3) is 5.91 Å². The lowest BCUT2D eigenvalue weighted by Crippen LogP contribution is -2.25. The molecule has 0 fully saturated rings. The molecule has 2 N–H and O–H groups in total. The first-order valence-corrected chi connectivity index (χ1v) is 7.23. The second kappa shape index (κ2) is 5.97. The lowest BCUT2D eigenvalue weighted by Gasteiger charge is -2.09. The molecule has 0 spiro atoms. The summed E-state index contributed by atoms with van der Waals surface area (Å²) < 4.78 is 25.5. The first kappa shape index (κ1) is 14.7. The molecule has 0 bridgehead atoms. The van der Waals surface area contributed by atoms with Gasteiger partial charge in [-0.1, -0.05) is 13.0 Å². The molecule has 0 saturated carbocycles. The maximum Gasteiger partial charge on any atom is 0.251 e. The highest BCUT2D eigenvalue weighted by Gasteiger charge is 2.16. The molecule has 0 aliphatic heterocycles. The molecule has 0 unspecified atom stereocenters. The fourth-order valence-electron chi connectivity index (χ4n) is 1.46. The Balaban J connectivity index is 3.13. The SMILES string of the molecule is CCCNC(=O)c1cc(S(=O)(=O)NC)ccc1C. The Labute approximate surface area is 108 Å². The average molecular weight is 270 g/mol. The zero-order valence-electron chi connectivity index (χ0n) is 10.8. The second-order valence-electron chi connectivity index (χ2n) is 3.94. The van der Waals surface area contributed by atoms with Gasteiger partial charge in [0.2, 0.25) is 10.0 Å². The number of sulfonamides is 1. The molecule has 0 aliphatic carbocycles. The molecule has 0 saturated heterocycles. The van der Waals surface area contributed by atoms with Gasteiger partial charge in [-0.15, -0.1) is 0 Å². The predicted molar refractivity (Wildman–Crippen MR) is 70.0 cm³/mol. The van der Waals surface area contributed by atoms with E-state index in [0.717, 1.165) is 12.0 Å². The van der Waals surface area contributed by atoms with E-state index in [1.54, 1.807) is 13.0 Å². The Morgan fingerprint density at radius 1 is 1.33 bits per heavy atom. The summed E-state index contributed by atoms with van der Waals surface area (Å²) in [6.45, 7) is 4.30. The van der Waals surface area contributed by atoms with Gasteiger partial charge >= 0.3 is 0 Å². The van der Waals surface area contributed by atoms with Crippen LogP contribution < -0.4 is 10.0 Å². The molecule has 1 aromatic rings. The van der Waals surface area contributed by atoms with Crippen LogP contribution in [0.25, 0.3) is 0 Å². The van der Waals surface area contributed by atoms with Gasteiger partial charge in [0.05, 0.1) is 4.90 Å². The van der Waals surface area contributed by atoms with Gasteiger partial charge in [-0.05, 0) is 38.1 Å². The minimum Gasteiger partial charge on any atom is -0.352 e. The van der Waals surface area contributed by atoms with Crippen molar-refractivity contribution in [3.63, 3.8) is 0 Å². The maximum atomic E-state index is 11.9. The molecule has 1 rings (SSSR count). The highest BCUT2D eigenvalue weighted by molar-refractivity contribution is 7.89. The molecular formula is C12H18N2O3S. The van der Waals surface area contributed by atoms with Crippen LogP contribution in [0.4, 0.5) is 0 Å². The molecule has 100 valence electrons. The van der Waals surface area contributed by atoms with Gasteiger partial charge < -0.3 is 5.32 Å². The van der Waals surface area contributed by atoms with Crippen LogP contribution in [0.1, 0.15) is 29.3 Å². The van der Waals surface area contributed by atoms with Crippen LogP contribution in [0.3, 0.4) is 0 Å². The van der Waals surface area contributed by atoms with Crippen LogP contribution in [-0.4, -0.2) is 27.9 Å². The fraction of sp³-hybridized carbons (Fsp3) is 0.417. The topological polar surface area (TPSA) is 75.3 Å². The van der Waals surface area contributed by atoms with Crippen LogP contribution in [0.15, 0.2) is 23.1 Å². The summed E-state index contributed by atoms with van der Waals surface area (Å²) in [6, 6.07) is 4.51. The second-order valence-corrected chi connectivity index (χ2v) is 5.83. The van der Waals surface area contributed by atoms with E-state index in [1.165, 1.54) is 19.2 Å². The van der Waals surface area contributed by atoms with E-state index in [1.807, 2.05) is 6.92 Å². The number of amides is 1. The smallest absolute Gasteiger partial charge is 0.251 e. The molecule has 6 heteroatoms. The van der Waals surface area contributed by atoms with Crippen LogP contribution in [-0.2, 0) is 10.0 Å². The molecule has 0 atom stereocenters. The van der Waals surface area contributed by atoms with Crippen molar-refractivity contribution in [2.45, 2.75) is 25.2 Å². The van der Waals surface area contributed by atoms with Gasteiger partial charge in [-0.2, -0.15) is 0 Å². The van der Waals surface area contributed by atoms with E-state index in [0.29, 0.717) is 12.1 Å². The summed E-state index contributed by atoms with van der Waals surface area (Å²) in [4.78, 5) is 12.0. The number of carbonyl (C=O) groups is 1. The van der Waals surface area contributed by atoms with Crippen molar-refractivity contribution in [3.05, 3.63) is 29.3 Å². The Kier molecular flexibility index (Phi) is 4.86. The van der Waals surface area contributed by atoms with E-state index in [-0.39, 0.29) is 10.8 Å². The summed E-state index contributed by atoms with van der Waals surface area (Å²) in [5, 5.41) is 2.73. The molecule has 0 aliphatic rings. The molecule has 1 amide bonds. The molecule has 5 nitrogen and oxygen atoms in total. The van der Waals surface area contributed by atoms with Crippen molar-refractivity contribution in [1.82, 2.24) is 10.0 Å². The van der Waals surface area contributed by atoms with Crippen molar-refractivity contribution >= 4 is 15.9 Å². The normalized spacial score (nSPS) is 11.3. The molecule has 0 heterocycles. The monoisotopic (exact) mass is 270 g/mol. The summed E-state index contributed by atoms with van der Waals surface area (Å²) in [7, 11) is -2.18. The zero-order chi connectivity index (χ0) is 13.8. The van der Waals surface area contributed by atoms with Gasteiger partial charge in [0.1, 0.15) is 0 Å². The Morgan fingerprint density at radius 2 is 2.00 bits per heavy atom. The van der Waals surface area contributed by atoms with E-state index >= 15 is 0 Å². The summed E-state index contributed by atoms with van der Waals surface area (Å²) in [5.74, 6) is -0.248. The van der Waals surface area contributed by atoms with Gasteiger partial charge in [0, 0.05) is 12.1 Å². The lowest BCUT2D eigenvalue weighted by atomic mass is 10.1. The van der Waals surface area contributed by atoms with Crippen molar-refractivity contribution in [2.24, 2.45) is 0 Å². The molecule has 18 heavy (non-hydrogen) atoms. The Morgan fingerprint density at radius 3 is 2.56 bits per heavy atom. The first-order chi connectivity index (χ1) is 8.42. The summed E-state index contributed by atoms with van der Waals surface area (Å²) in [6.07, 6.45) is 0.833. The summed E-state index contributed by atoms with van der Waals surface area (Å²) >= 11 is 0. The van der Waals surface area contributed by atoms with E-state index in [2.05, 4.69) is 10.0 Å². The number of nitrogens with one attached hydrogen (secondary N) is 2. The van der Waals surface area contributed by atoms with Gasteiger partial charge in [-0.25, -0.2) is 13.1 Å². The van der Waals surface area contributed by atoms with Crippen LogP contribution >= 0.6 is 0 Å². The standard InChI is InChI=1S/C12H18N2O3S/c1-4-7-14-12(15)11-8-10(6-5-9(11)2)18(16,17)13-3/h5-6,8,13H,4,7H2,1-3H3,(H,14,15). The largest absolute Gasteiger partial charge is 0.352 e. The molecule has 1 aromatic carbocycles. The zero-order valence-corrected chi connectivity index (χ0v) is 11.6. The molecule has 0 radical (unpaired) electrons. The minimum atomic E-state index is -3.52. The Bertz CT molecular complexity index is 538. The lowest BCUT2D eigenvalue weighted by molar-refractivity contribution is 0.0953. The predicted octanol–water partition coefficient (Wildman–Crippen LogP) is 1.04. The van der Waals surface area contributed by atoms with Crippen LogP contribution in [0, 0.1) is 6.92 Å².